The largest absolute Gasteiger partial charge is 0.383 e. The van der Waals surface area contributed by atoms with Crippen molar-refractivity contribution < 1.29 is 0 Å². The number of benzene rings is 1. The molecule has 5 heteroatoms. The number of pyridine rings is 2. The number of nitrogens with zero attached hydrogens (tertiary/aromatic N) is 3. The first kappa shape index (κ1) is 15.0. The van der Waals surface area contributed by atoms with Gasteiger partial charge in [-0.2, -0.15) is 5.26 Å². The van der Waals surface area contributed by atoms with E-state index in [2.05, 4.69) is 16.0 Å². The smallest absolute Gasteiger partial charge is 0.142 e. The zero-order chi connectivity index (χ0) is 16.4. The highest BCUT2D eigenvalue weighted by Gasteiger charge is 2.18. The minimum absolute atomic E-state index is 0.201. The van der Waals surface area contributed by atoms with Crippen LogP contribution in [0.5, 0.6) is 0 Å². The molecule has 2 N–H and O–H groups in total. The lowest BCUT2D eigenvalue weighted by atomic mass is 9.94. The van der Waals surface area contributed by atoms with Crippen LogP contribution in [0.2, 0.25) is 5.02 Å². The second kappa shape index (κ2) is 6.07. The van der Waals surface area contributed by atoms with Crippen LogP contribution in [0.25, 0.3) is 22.4 Å². The standard InChI is InChI=1S/C18H13ClN4/c1-11-16(13-5-3-7-22-10-13)15(9-20)18(21)23-17(11)12-4-2-6-14(19)8-12/h2-8,10H,1H3,(H2,21,23). The van der Waals surface area contributed by atoms with Crippen LogP contribution in [-0.4, -0.2) is 9.97 Å². The zero-order valence-corrected chi connectivity index (χ0v) is 13.2. The lowest BCUT2D eigenvalue weighted by molar-refractivity contribution is 1.25. The van der Waals surface area contributed by atoms with E-state index < -0.39 is 0 Å². The molecule has 112 valence electrons. The Bertz CT molecular complexity index is 914. The maximum atomic E-state index is 9.48. The maximum Gasteiger partial charge on any atom is 0.142 e. The van der Waals surface area contributed by atoms with Crippen molar-refractivity contribution in [2.75, 3.05) is 5.73 Å². The van der Waals surface area contributed by atoms with Crippen LogP contribution >= 0.6 is 11.6 Å². The topological polar surface area (TPSA) is 75.6 Å². The van der Waals surface area contributed by atoms with Crippen molar-refractivity contribution >= 4 is 17.4 Å². The van der Waals surface area contributed by atoms with Crippen LogP contribution in [0.1, 0.15) is 11.1 Å². The molecule has 4 nitrogen and oxygen atoms in total. The molecule has 0 saturated carbocycles. The maximum absolute atomic E-state index is 9.48. The van der Waals surface area contributed by atoms with Crippen molar-refractivity contribution in [3.05, 3.63) is 64.9 Å². The molecule has 1 aromatic carbocycles. The lowest BCUT2D eigenvalue weighted by Gasteiger charge is -2.15. The van der Waals surface area contributed by atoms with Gasteiger partial charge in [0, 0.05) is 34.1 Å². The highest BCUT2D eigenvalue weighted by molar-refractivity contribution is 6.30. The molecule has 23 heavy (non-hydrogen) atoms. The number of halogens is 1. The Hall–Kier alpha value is -2.90. The lowest BCUT2D eigenvalue weighted by Crippen LogP contribution is -2.03. The van der Waals surface area contributed by atoms with E-state index in [4.69, 9.17) is 17.3 Å². The summed E-state index contributed by atoms with van der Waals surface area (Å²) in [7, 11) is 0. The quantitative estimate of drug-likeness (QED) is 0.766. The summed E-state index contributed by atoms with van der Waals surface area (Å²) < 4.78 is 0. The van der Waals surface area contributed by atoms with Gasteiger partial charge in [-0.3, -0.25) is 4.98 Å². The second-order valence-electron chi connectivity index (χ2n) is 5.08. The number of nitrogen functional groups attached to an aromatic ring is 1. The molecule has 0 unspecified atom stereocenters. The molecule has 3 rings (SSSR count). The van der Waals surface area contributed by atoms with E-state index in [1.807, 2.05) is 37.3 Å². The molecular weight excluding hydrogens is 308 g/mol. The normalized spacial score (nSPS) is 10.3. The van der Waals surface area contributed by atoms with Crippen molar-refractivity contribution in [2.45, 2.75) is 6.92 Å². The van der Waals surface area contributed by atoms with Gasteiger partial charge in [0.1, 0.15) is 17.5 Å². The number of anilines is 1. The first-order valence-corrected chi connectivity index (χ1v) is 7.36. The molecule has 0 fully saturated rings. The van der Waals surface area contributed by atoms with Crippen LogP contribution < -0.4 is 5.73 Å². The van der Waals surface area contributed by atoms with E-state index in [0.717, 1.165) is 22.3 Å². The molecule has 0 amide bonds. The predicted octanol–water partition coefficient (Wildman–Crippen LogP) is 4.23. The summed E-state index contributed by atoms with van der Waals surface area (Å²) in [6, 6.07) is 13.3. The number of nitriles is 1. The second-order valence-corrected chi connectivity index (χ2v) is 5.52. The van der Waals surface area contributed by atoms with Gasteiger partial charge in [0.2, 0.25) is 0 Å². The monoisotopic (exact) mass is 320 g/mol. The number of nitrogens with two attached hydrogens (primary N) is 1. The van der Waals surface area contributed by atoms with Crippen LogP contribution in [0.3, 0.4) is 0 Å². The molecule has 0 aliphatic rings. The predicted molar refractivity (Wildman–Crippen MR) is 91.8 cm³/mol. The summed E-state index contributed by atoms with van der Waals surface area (Å²) in [5, 5.41) is 10.1. The van der Waals surface area contributed by atoms with Crippen molar-refractivity contribution in [1.82, 2.24) is 9.97 Å². The first-order valence-electron chi connectivity index (χ1n) is 6.98. The summed E-state index contributed by atoms with van der Waals surface area (Å²) >= 11 is 6.08. The Morgan fingerprint density at radius 2 is 1.96 bits per heavy atom. The molecule has 0 aliphatic carbocycles. The van der Waals surface area contributed by atoms with E-state index in [0.29, 0.717) is 16.3 Å². The van der Waals surface area contributed by atoms with Crippen molar-refractivity contribution in [3.63, 3.8) is 0 Å². The highest BCUT2D eigenvalue weighted by atomic mass is 35.5. The average molecular weight is 321 g/mol. The van der Waals surface area contributed by atoms with Crippen LogP contribution in [0, 0.1) is 18.3 Å². The Labute approximate surface area is 139 Å². The minimum Gasteiger partial charge on any atom is -0.383 e. The van der Waals surface area contributed by atoms with Gasteiger partial charge in [-0.25, -0.2) is 4.98 Å². The Balaban J connectivity index is 2.33. The van der Waals surface area contributed by atoms with Gasteiger partial charge in [-0.05, 0) is 30.7 Å². The van der Waals surface area contributed by atoms with Gasteiger partial charge in [-0.15, -0.1) is 0 Å². The number of aromatic nitrogens is 2. The molecule has 2 heterocycles. The minimum atomic E-state index is 0.201. The zero-order valence-electron chi connectivity index (χ0n) is 12.4. The van der Waals surface area contributed by atoms with Crippen molar-refractivity contribution in [1.29, 1.82) is 5.26 Å². The third kappa shape index (κ3) is 2.75. The average Bonchev–Trinajstić information content (AvgIpc) is 2.57. The third-order valence-electron chi connectivity index (χ3n) is 3.63. The Kier molecular flexibility index (Phi) is 3.96. The molecule has 3 aromatic rings. The summed E-state index contributed by atoms with van der Waals surface area (Å²) in [5.41, 5.74) is 10.4. The van der Waals surface area contributed by atoms with Crippen molar-refractivity contribution in [3.8, 4) is 28.5 Å². The summed E-state index contributed by atoms with van der Waals surface area (Å²) in [6.07, 6.45) is 3.40. The van der Waals surface area contributed by atoms with E-state index in [9.17, 15) is 5.26 Å². The van der Waals surface area contributed by atoms with E-state index in [1.165, 1.54) is 0 Å². The summed E-state index contributed by atoms with van der Waals surface area (Å²) in [4.78, 5) is 8.55. The van der Waals surface area contributed by atoms with Gasteiger partial charge >= 0.3 is 0 Å². The number of hydrogen-bond donors (Lipinski definition) is 1. The van der Waals surface area contributed by atoms with Crippen molar-refractivity contribution in [2.24, 2.45) is 0 Å². The number of hydrogen-bond acceptors (Lipinski definition) is 4. The van der Waals surface area contributed by atoms with Crippen LogP contribution in [0.4, 0.5) is 5.82 Å². The Morgan fingerprint density at radius 1 is 1.17 bits per heavy atom. The van der Waals surface area contributed by atoms with Gasteiger partial charge < -0.3 is 5.73 Å². The van der Waals surface area contributed by atoms with Crippen LogP contribution in [-0.2, 0) is 0 Å². The number of rotatable bonds is 2. The highest BCUT2D eigenvalue weighted by Crippen LogP contribution is 2.35. The molecule has 0 radical (unpaired) electrons. The first-order chi connectivity index (χ1) is 11.1. The van der Waals surface area contributed by atoms with E-state index in [-0.39, 0.29) is 5.82 Å². The fraction of sp³-hybridized carbons (Fsp3) is 0.0556. The summed E-state index contributed by atoms with van der Waals surface area (Å²) in [5.74, 6) is 0.201. The van der Waals surface area contributed by atoms with Gasteiger partial charge in [0.05, 0.1) is 5.69 Å². The van der Waals surface area contributed by atoms with Gasteiger partial charge in [-0.1, -0.05) is 29.8 Å². The van der Waals surface area contributed by atoms with Gasteiger partial charge in [0.15, 0.2) is 0 Å². The van der Waals surface area contributed by atoms with Crippen LogP contribution in [0.15, 0.2) is 48.8 Å². The molecule has 0 saturated heterocycles. The molecule has 0 spiro atoms. The van der Waals surface area contributed by atoms with E-state index >= 15 is 0 Å². The fourth-order valence-electron chi connectivity index (χ4n) is 2.60. The molecule has 2 aromatic heterocycles. The molecule has 0 atom stereocenters. The van der Waals surface area contributed by atoms with Gasteiger partial charge in [0.25, 0.3) is 0 Å². The third-order valence-corrected chi connectivity index (χ3v) is 3.86. The molecule has 0 bridgehead atoms. The Morgan fingerprint density at radius 3 is 2.61 bits per heavy atom. The fourth-order valence-corrected chi connectivity index (χ4v) is 2.79. The van der Waals surface area contributed by atoms with E-state index in [1.54, 1.807) is 18.5 Å². The molecule has 0 aliphatic heterocycles. The molecular formula is C18H13ClN4. The SMILES string of the molecule is Cc1c(-c2cccc(Cl)c2)nc(N)c(C#N)c1-c1cccnc1. The summed E-state index contributed by atoms with van der Waals surface area (Å²) in [6.45, 7) is 1.92.